The first-order chi connectivity index (χ1) is 19.1. The second kappa shape index (κ2) is 11.2. The maximum atomic E-state index is 13.9. The van der Waals surface area contributed by atoms with E-state index in [9.17, 15) is 9.59 Å². The number of anilines is 1. The number of esters is 1. The van der Waals surface area contributed by atoms with Gasteiger partial charge in [-0.15, -0.1) is 0 Å². The van der Waals surface area contributed by atoms with Gasteiger partial charge in [0, 0.05) is 44.6 Å². The zero-order chi connectivity index (χ0) is 28.7. The van der Waals surface area contributed by atoms with E-state index in [0.717, 1.165) is 49.9 Å². The largest absolute Gasteiger partial charge is 0.451 e. The summed E-state index contributed by atoms with van der Waals surface area (Å²) in [5.74, 6) is 0.237. The number of hydrogen-bond acceptors (Lipinski definition) is 7. The first-order valence-electron chi connectivity index (χ1n) is 14.8. The molecule has 216 valence electrons. The lowest BCUT2D eigenvalue weighted by atomic mass is 9.50. The van der Waals surface area contributed by atoms with Gasteiger partial charge in [0.15, 0.2) is 5.60 Å². The van der Waals surface area contributed by atoms with Crippen LogP contribution in [0.15, 0.2) is 52.2 Å². The highest BCUT2D eigenvalue weighted by atomic mass is 16.6. The van der Waals surface area contributed by atoms with Crippen molar-refractivity contribution in [2.75, 3.05) is 39.3 Å². The summed E-state index contributed by atoms with van der Waals surface area (Å²) in [5.41, 5.74) is 6.14. The van der Waals surface area contributed by atoms with Crippen LogP contribution in [0.1, 0.15) is 77.2 Å². The SMILES string of the molecule is CCOCC(=O)[C@@]1(OC(C)=O)CCC2C3CCC4=C/C(=N/OC)CCC4=C3C(c3ccc(N(C)C)cc3)C[C@@]21C. The molecule has 0 bridgehead atoms. The standard InChI is InChI=1S/C33H44N2O5/c1-7-39-20-30(37)33(40-21(2)36)17-16-29-27-14-10-23-18-24(34-38-6)11-15-26(23)31(27)28(19-32(29,33)3)22-8-12-25(13-9-22)35(4)5/h8-9,12-13,18,27-29H,7,10-11,14-17,19-20H2,1-6H3/b34-24+/t27?,28?,29?,32-,33-/m0/s1. The van der Waals surface area contributed by atoms with Gasteiger partial charge in [0.1, 0.15) is 13.7 Å². The third kappa shape index (κ3) is 4.70. The quantitative estimate of drug-likeness (QED) is 0.293. The molecule has 0 radical (unpaired) electrons. The van der Waals surface area contributed by atoms with Crippen molar-refractivity contribution in [3.63, 3.8) is 0 Å². The summed E-state index contributed by atoms with van der Waals surface area (Å²) in [6.07, 6.45) is 8.23. The third-order valence-electron chi connectivity index (χ3n) is 10.1. The van der Waals surface area contributed by atoms with Gasteiger partial charge in [-0.3, -0.25) is 9.59 Å². The van der Waals surface area contributed by atoms with E-state index in [0.29, 0.717) is 18.9 Å². The van der Waals surface area contributed by atoms with Crippen LogP contribution in [0.3, 0.4) is 0 Å². The summed E-state index contributed by atoms with van der Waals surface area (Å²) >= 11 is 0. The Bertz CT molecular complexity index is 1250. The molecule has 0 saturated heterocycles. The van der Waals surface area contributed by atoms with E-state index in [1.165, 1.54) is 29.2 Å². The molecule has 1 aromatic carbocycles. The molecule has 4 aliphatic carbocycles. The highest BCUT2D eigenvalue weighted by molar-refractivity contribution is 5.97. The zero-order valence-corrected chi connectivity index (χ0v) is 24.9. The molecule has 40 heavy (non-hydrogen) atoms. The van der Waals surface area contributed by atoms with E-state index in [-0.39, 0.29) is 24.2 Å². The minimum Gasteiger partial charge on any atom is -0.451 e. The molecule has 7 nitrogen and oxygen atoms in total. The Hall–Kier alpha value is -2.93. The van der Waals surface area contributed by atoms with E-state index >= 15 is 0 Å². The summed E-state index contributed by atoms with van der Waals surface area (Å²) in [6, 6.07) is 8.86. The molecule has 3 unspecified atom stereocenters. The molecule has 0 aromatic heterocycles. The highest BCUT2D eigenvalue weighted by Crippen LogP contribution is 2.67. The number of hydrogen-bond donors (Lipinski definition) is 0. The second-order valence-electron chi connectivity index (χ2n) is 12.3. The van der Waals surface area contributed by atoms with Crippen molar-refractivity contribution in [1.82, 2.24) is 0 Å². The van der Waals surface area contributed by atoms with Crippen LogP contribution in [-0.4, -0.2) is 57.5 Å². The second-order valence-corrected chi connectivity index (χ2v) is 12.3. The zero-order valence-electron chi connectivity index (χ0n) is 24.9. The number of carbonyl (C=O) groups excluding carboxylic acids is 2. The Morgan fingerprint density at radius 1 is 1.10 bits per heavy atom. The highest BCUT2D eigenvalue weighted by Gasteiger charge is 2.68. The fraction of sp³-hybridized carbons (Fsp3) is 0.606. The molecule has 0 amide bonds. The van der Waals surface area contributed by atoms with E-state index in [4.69, 9.17) is 14.3 Å². The van der Waals surface area contributed by atoms with Crippen molar-refractivity contribution in [2.45, 2.75) is 77.2 Å². The predicted octanol–water partition coefficient (Wildman–Crippen LogP) is 5.99. The van der Waals surface area contributed by atoms with Gasteiger partial charge in [-0.1, -0.05) is 29.8 Å². The molecule has 0 spiro atoms. The molecule has 2 saturated carbocycles. The van der Waals surface area contributed by atoms with Crippen LogP contribution in [0, 0.1) is 17.3 Å². The predicted molar refractivity (Wildman–Crippen MR) is 156 cm³/mol. The van der Waals surface area contributed by atoms with Gasteiger partial charge < -0.3 is 19.2 Å². The molecule has 5 rings (SSSR count). The molecule has 0 N–H and O–H groups in total. The number of nitrogens with zero attached hydrogens (tertiary/aromatic N) is 2. The Labute approximate surface area is 238 Å². The topological polar surface area (TPSA) is 77.4 Å². The minimum absolute atomic E-state index is 0.0264. The van der Waals surface area contributed by atoms with Crippen LogP contribution in [0.5, 0.6) is 0 Å². The van der Waals surface area contributed by atoms with Gasteiger partial charge in [0.25, 0.3) is 0 Å². The van der Waals surface area contributed by atoms with Gasteiger partial charge in [0.05, 0.1) is 5.71 Å². The summed E-state index contributed by atoms with van der Waals surface area (Å²) in [6.45, 7) is 5.96. The summed E-state index contributed by atoms with van der Waals surface area (Å²) in [4.78, 5) is 33.7. The number of fused-ring (bicyclic) bond motifs is 4. The summed E-state index contributed by atoms with van der Waals surface area (Å²) in [7, 11) is 5.71. The number of ether oxygens (including phenoxy) is 2. The first-order valence-corrected chi connectivity index (χ1v) is 14.8. The Kier molecular flexibility index (Phi) is 7.97. The number of oxime groups is 1. The smallest absolute Gasteiger partial charge is 0.303 e. The average molecular weight is 549 g/mol. The number of rotatable bonds is 8. The molecular formula is C33H44N2O5. The van der Waals surface area contributed by atoms with Crippen molar-refractivity contribution in [3.8, 4) is 0 Å². The molecule has 2 fully saturated rings. The van der Waals surface area contributed by atoms with Crippen molar-refractivity contribution in [3.05, 3.63) is 52.6 Å². The number of carbonyl (C=O) groups is 2. The Balaban J connectivity index is 1.66. The van der Waals surface area contributed by atoms with Crippen molar-refractivity contribution in [1.29, 1.82) is 0 Å². The van der Waals surface area contributed by atoms with Crippen LogP contribution < -0.4 is 4.90 Å². The Morgan fingerprint density at radius 2 is 1.85 bits per heavy atom. The maximum Gasteiger partial charge on any atom is 0.303 e. The molecule has 0 heterocycles. The van der Waals surface area contributed by atoms with Crippen molar-refractivity contribution < 1.29 is 23.9 Å². The van der Waals surface area contributed by atoms with Gasteiger partial charge >= 0.3 is 5.97 Å². The molecular weight excluding hydrogens is 504 g/mol. The maximum absolute atomic E-state index is 13.9. The fourth-order valence-corrected chi connectivity index (χ4v) is 8.39. The van der Waals surface area contributed by atoms with Crippen LogP contribution in [-0.2, 0) is 23.9 Å². The van der Waals surface area contributed by atoms with Crippen molar-refractivity contribution in [2.24, 2.45) is 22.4 Å². The molecule has 7 heteroatoms. The molecule has 5 atom stereocenters. The minimum atomic E-state index is -1.17. The normalized spacial score (nSPS) is 32.1. The van der Waals surface area contributed by atoms with E-state index in [2.05, 4.69) is 61.4 Å². The van der Waals surface area contributed by atoms with Gasteiger partial charge in [-0.2, -0.15) is 0 Å². The van der Waals surface area contributed by atoms with E-state index in [1.54, 1.807) is 7.11 Å². The summed E-state index contributed by atoms with van der Waals surface area (Å²) in [5, 5.41) is 4.25. The van der Waals surface area contributed by atoms with Crippen LogP contribution in [0.4, 0.5) is 5.69 Å². The lowest BCUT2D eigenvalue weighted by Gasteiger charge is -2.55. The van der Waals surface area contributed by atoms with Gasteiger partial charge in [-0.05, 0) is 98.6 Å². The molecule has 0 aliphatic heterocycles. The number of benzene rings is 1. The van der Waals surface area contributed by atoms with Crippen molar-refractivity contribution >= 4 is 23.2 Å². The number of allylic oxidation sites excluding steroid dienone is 4. The lowest BCUT2D eigenvalue weighted by Crippen LogP contribution is -2.58. The fourth-order valence-electron chi connectivity index (χ4n) is 8.39. The average Bonchev–Trinajstić information content (AvgIpc) is 3.23. The monoisotopic (exact) mass is 548 g/mol. The molecule has 4 aliphatic rings. The lowest BCUT2D eigenvalue weighted by molar-refractivity contribution is -0.185. The van der Waals surface area contributed by atoms with Crippen LogP contribution >= 0.6 is 0 Å². The number of ketones is 1. The van der Waals surface area contributed by atoms with Gasteiger partial charge in [-0.25, -0.2) is 0 Å². The van der Waals surface area contributed by atoms with Crippen LogP contribution in [0.2, 0.25) is 0 Å². The summed E-state index contributed by atoms with van der Waals surface area (Å²) < 4.78 is 11.8. The van der Waals surface area contributed by atoms with Gasteiger partial charge in [0.2, 0.25) is 5.78 Å². The van der Waals surface area contributed by atoms with E-state index in [1.807, 2.05) is 6.92 Å². The molecule has 1 aromatic rings. The first kappa shape index (κ1) is 28.6. The third-order valence-corrected chi connectivity index (χ3v) is 10.1. The van der Waals surface area contributed by atoms with Crippen LogP contribution in [0.25, 0.3) is 0 Å². The Morgan fingerprint density at radius 3 is 2.50 bits per heavy atom. The van der Waals surface area contributed by atoms with E-state index < -0.39 is 17.0 Å². The number of Topliss-reactive ketones (excluding diaryl/α,β-unsaturated/α-hetero) is 1.